The van der Waals surface area contributed by atoms with E-state index in [0.29, 0.717) is 13.1 Å². The highest BCUT2D eigenvalue weighted by atomic mass is 35.5. The molecule has 1 fully saturated rings. The second-order valence-corrected chi connectivity index (χ2v) is 5.83. The van der Waals surface area contributed by atoms with E-state index in [-0.39, 0.29) is 42.9 Å². The molecule has 2 heterocycles. The number of hydrogen-bond donors (Lipinski definition) is 2. The van der Waals surface area contributed by atoms with Gasteiger partial charge in [-0.3, -0.25) is 4.79 Å². The molecule has 1 aromatic heterocycles. The minimum absolute atomic E-state index is 0. The molecule has 138 valence electrons. The number of nitrogens with one attached hydrogen (secondary N) is 1. The van der Waals surface area contributed by atoms with E-state index in [2.05, 4.69) is 22.4 Å². The molecule has 0 bridgehead atoms. The van der Waals surface area contributed by atoms with Crippen molar-refractivity contribution >= 4 is 30.7 Å². The highest BCUT2D eigenvalue weighted by molar-refractivity contribution is 5.85. The lowest BCUT2D eigenvalue weighted by Gasteiger charge is -2.13. The maximum absolute atomic E-state index is 12.1. The van der Waals surface area contributed by atoms with Crippen LogP contribution >= 0.6 is 24.8 Å². The van der Waals surface area contributed by atoms with Gasteiger partial charge < -0.3 is 20.4 Å². The van der Waals surface area contributed by atoms with Crippen molar-refractivity contribution in [3.8, 4) is 0 Å². The fraction of sp³-hybridized carbons (Fsp3) is 0.412. The van der Waals surface area contributed by atoms with Crippen molar-refractivity contribution in [3.05, 3.63) is 54.1 Å². The Hall–Kier alpha value is -1.60. The first-order chi connectivity index (χ1) is 11.2. The monoisotopic (exact) mass is 386 g/mol. The Morgan fingerprint density at radius 2 is 1.96 bits per heavy atom. The van der Waals surface area contributed by atoms with Gasteiger partial charge in [0.05, 0.1) is 12.4 Å². The van der Waals surface area contributed by atoms with Gasteiger partial charge in [-0.2, -0.15) is 0 Å². The number of hydrogen-bond acceptors (Lipinski definition) is 4. The molecule has 0 saturated carbocycles. The molecular formula is C17H24Cl2N4O2. The topological polar surface area (TPSA) is 82.2 Å². The third kappa shape index (κ3) is 6.01. The lowest BCUT2D eigenvalue weighted by molar-refractivity contribution is -0.132. The quantitative estimate of drug-likeness (QED) is 0.793. The summed E-state index contributed by atoms with van der Waals surface area (Å²) in [7, 11) is 0. The summed E-state index contributed by atoms with van der Waals surface area (Å²) in [6, 6.07) is 8.20. The van der Waals surface area contributed by atoms with Crippen molar-refractivity contribution < 1.29 is 9.53 Å². The van der Waals surface area contributed by atoms with Gasteiger partial charge in [0.1, 0.15) is 6.10 Å². The van der Waals surface area contributed by atoms with E-state index in [9.17, 15) is 4.79 Å². The zero-order chi connectivity index (χ0) is 16.1. The van der Waals surface area contributed by atoms with Crippen LogP contribution < -0.4 is 11.1 Å². The molecule has 25 heavy (non-hydrogen) atoms. The minimum Gasteiger partial charge on any atom is -0.364 e. The highest BCUT2D eigenvalue weighted by Crippen LogP contribution is 2.19. The summed E-state index contributed by atoms with van der Waals surface area (Å²) in [6.45, 7) is 1.78. The Labute approximate surface area is 160 Å². The van der Waals surface area contributed by atoms with Crippen LogP contribution in [0, 0.1) is 0 Å². The van der Waals surface area contributed by atoms with Gasteiger partial charge in [0.15, 0.2) is 0 Å². The fourth-order valence-corrected chi connectivity index (χ4v) is 2.73. The second-order valence-electron chi connectivity index (χ2n) is 5.83. The molecule has 1 amide bonds. The number of carbonyl (C=O) groups is 1. The lowest BCUT2D eigenvalue weighted by Crippen LogP contribution is -2.35. The maximum Gasteiger partial charge on any atom is 0.249 e. The van der Waals surface area contributed by atoms with E-state index in [1.807, 2.05) is 22.9 Å². The third-order valence-corrected chi connectivity index (χ3v) is 4.08. The number of halogens is 2. The molecule has 1 aliphatic heterocycles. The van der Waals surface area contributed by atoms with Gasteiger partial charge in [-0.15, -0.1) is 24.8 Å². The number of nitrogens with zero attached hydrogens (tertiary/aromatic N) is 2. The van der Waals surface area contributed by atoms with E-state index in [1.165, 1.54) is 5.56 Å². The number of imidazole rings is 1. The number of amides is 1. The van der Waals surface area contributed by atoms with Crippen molar-refractivity contribution in [1.29, 1.82) is 0 Å². The van der Waals surface area contributed by atoms with Gasteiger partial charge in [-0.1, -0.05) is 24.3 Å². The molecule has 0 radical (unpaired) electrons. The van der Waals surface area contributed by atoms with Crippen molar-refractivity contribution in [2.75, 3.05) is 6.54 Å². The fourth-order valence-electron chi connectivity index (χ4n) is 2.73. The molecule has 8 heteroatoms. The molecule has 6 nitrogen and oxygen atoms in total. The SMILES string of the molecule is Cl.Cl.NC[C@H]1CC[C@@H](C(=O)NCc2ccc(Cn3ccnc3)cc2)O1. The molecule has 0 aliphatic carbocycles. The van der Waals surface area contributed by atoms with Crippen LogP contribution in [0.2, 0.25) is 0 Å². The van der Waals surface area contributed by atoms with Crippen molar-refractivity contribution in [2.24, 2.45) is 5.73 Å². The van der Waals surface area contributed by atoms with Crippen molar-refractivity contribution in [3.63, 3.8) is 0 Å². The molecule has 1 aromatic carbocycles. The molecule has 2 aromatic rings. The number of benzene rings is 1. The molecule has 1 aliphatic rings. The smallest absolute Gasteiger partial charge is 0.249 e. The van der Waals surface area contributed by atoms with E-state index in [4.69, 9.17) is 10.5 Å². The summed E-state index contributed by atoms with van der Waals surface area (Å²) in [6.07, 6.45) is 6.77. The second kappa shape index (κ2) is 10.4. The zero-order valence-corrected chi connectivity index (χ0v) is 15.5. The first-order valence-corrected chi connectivity index (χ1v) is 7.91. The van der Waals surface area contributed by atoms with Crippen LogP contribution in [0.4, 0.5) is 0 Å². The Bertz CT molecular complexity index is 635. The van der Waals surface area contributed by atoms with Crippen LogP contribution in [-0.2, 0) is 22.6 Å². The van der Waals surface area contributed by atoms with Crippen LogP contribution in [0.1, 0.15) is 24.0 Å². The average molecular weight is 387 g/mol. The first-order valence-electron chi connectivity index (χ1n) is 7.91. The molecule has 3 N–H and O–H groups in total. The summed E-state index contributed by atoms with van der Waals surface area (Å²) in [4.78, 5) is 16.1. The summed E-state index contributed by atoms with van der Waals surface area (Å²) in [5, 5.41) is 2.93. The van der Waals surface area contributed by atoms with Crippen LogP contribution in [0.15, 0.2) is 43.0 Å². The van der Waals surface area contributed by atoms with Crippen LogP contribution in [0.5, 0.6) is 0 Å². The van der Waals surface area contributed by atoms with Crippen molar-refractivity contribution in [2.45, 2.75) is 38.1 Å². The van der Waals surface area contributed by atoms with E-state index in [0.717, 1.165) is 24.9 Å². The summed E-state index contributed by atoms with van der Waals surface area (Å²) in [5.41, 5.74) is 7.83. The van der Waals surface area contributed by atoms with Gasteiger partial charge >= 0.3 is 0 Å². The maximum atomic E-state index is 12.1. The largest absolute Gasteiger partial charge is 0.364 e. The predicted molar refractivity (Wildman–Crippen MR) is 101 cm³/mol. The third-order valence-electron chi connectivity index (χ3n) is 4.08. The highest BCUT2D eigenvalue weighted by Gasteiger charge is 2.29. The summed E-state index contributed by atoms with van der Waals surface area (Å²) < 4.78 is 7.61. The van der Waals surface area contributed by atoms with E-state index in [1.54, 1.807) is 12.5 Å². The molecular weight excluding hydrogens is 363 g/mol. The molecule has 0 unspecified atom stereocenters. The predicted octanol–water partition coefficient (Wildman–Crippen LogP) is 1.90. The Balaban J connectivity index is 0.00000156. The first kappa shape index (κ1) is 21.4. The van der Waals surface area contributed by atoms with Crippen LogP contribution in [0.25, 0.3) is 0 Å². The van der Waals surface area contributed by atoms with Gasteiger partial charge in [0.25, 0.3) is 0 Å². The Morgan fingerprint density at radius 3 is 2.56 bits per heavy atom. The summed E-state index contributed by atoms with van der Waals surface area (Å²) >= 11 is 0. The lowest BCUT2D eigenvalue weighted by atomic mass is 10.1. The molecule has 0 spiro atoms. The zero-order valence-electron chi connectivity index (χ0n) is 13.8. The van der Waals surface area contributed by atoms with Gasteiger partial charge in [0, 0.05) is 32.0 Å². The number of rotatable bonds is 6. The number of ether oxygens (including phenoxy) is 1. The minimum atomic E-state index is -0.357. The van der Waals surface area contributed by atoms with Crippen molar-refractivity contribution in [1.82, 2.24) is 14.9 Å². The Kier molecular flexibility index (Phi) is 8.92. The number of aromatic nitrogens is 2. The summed E-state index contributed by atoms with van der Waals surface area (Å²) in [5.74, 6) is -0.0524. The number of carbonyl (C=O) groups excluding carboxylic acids is 1. The number of nitrogens with two attached hydrogens (primary N) is 1. The molecule has 1 saturated heterocycles. The van der Waals surface area contributed by atoms with Gasteiger partial charge in [0.2, 0.25) is 5.91 Å². The Morgan fingerprint density at radius 1 is 1.24 bits per heavy atom. The standard InChI is InChI=1S/C17H22N4O2.2ClH/c18-9-15-5-6-16(23-15)17(22)20-10-13-1-3-14(4-2-13)11-21-8-7-19-12-21;;/h1-4,7-8,12,15-16H,5-6,9-11,18H2,(H,20,22);2*1H/t15-,16+;;/m1../s1. The average Bonchev–Trinajstić information content (AvgIpc) is 3.25. The molecule has 3 rings (SSSR count). The molecule has 2 atom stereocenters. The van der Waals surface area contributed by atoms with Gasteiger partial charge in [-0.25, -0.2) is 4.98 Å². The normalized spacial score (nSPS) is 18.9. The van der Waals surface area contributed by atoms with E-state index >= 15 is 0 Å². The van der Waals surface area contributed by atoms with Crippen LogP contribution in [-0.4, -0.2) is 34.2 Å². The van der Waals surface area contributed by atoms with Gasteiger partial charge in [-0.05, 0) is 24.0 Å². The van der Waals surface area contributed by atoms with E-state index < -0.39 is 0 Å². The van der Waals surface area contributed by atoms with Crippen LogP contribution in [0.3, 0.4) is 0 Å².